The zero-order valence-corrected chi connectivity index (χ0v) is 9.13. The average Bonchev–Trinajstić information content (AvgIpc) is 2.68. The lowest BCUT2D eigenvalue weighted by Gasteiger charge is -2.10. The van der Waals surface area contributed by atoms with Crippen LogP contribution in [0.5, 0.6) is 0 Å². The second-order valence-electron chi connectivity index (χ2n) is 3.72. The third-order valence-electron chi connectivity index (χ3n) is 2.47. The maximum Gasteiger partial charge on any atom is 0.244 e. The van der Waals surface area contributed by atoms with Gasteiger partial charge in [0, 0.05) is 0 Å². The van der Waals surface area contributed by atoms with Crippen LogP contribution in [0.4, 0.5) is 0 Å². The third kappa shape index (κ3) is 1.88. The molecule has 2 rings (SSSR count). The van der Waals surface area contributed by atoms with E-state index in [1.54, 1.807) is 0 Å². The van der Waals surface area contributed by atoms with E-state index >= 15 is 0 Å². The molecule has 1 heterocycles. The first kappa shape index (κ1) is 10.6. The van der Waals surface area contributed by atoms with Crippen LogP contribution in [0.2, 0.25) is 0 Å². The lowest BCUT2D eigenvalue weighted by atomic mass is 10.2. The molecule has 1 amide bonds. The SMILES string of the molecule is CCCC(C(N)=O)n1nc2ccccc2n1. The van der Waals surface area contributed by atoms with Crippen molar-refractivity contribution in [1.29, 1.82) is 0 Å². The quantitative estimate of drug-likeness (QED) is 0.839. The molecule has 0 bridgehead atoms. The van der Waals surface area contributed by atoms with Crippen LogP contribution in [-0.4, -0.2) is 20.9 Å². The number of aromatic nitrogens is 3. The number of benzene rings is 1. The maximum absolute atomic E-state index is 11.3. The van der Waals surface area contributed by atoms with E-state index < -0.39 is 6.04 Å². The molecule has 2 N–H and O–H groups in total. The molecule has 0 radical (unpaired) electrons. The lowest BCUT2D eigenvalue weighted by molar-refractivity contribution is -0.121. The molecule has 2 aromatic rings. The number of nitrogens with two attached hydrogens (primary N) is 1. The minimum absolute atomic E-state index is 0.387. The van der Waals surface area contributed by atoms with Gasteiger partial charge in [-0.1, -0.05) is 25.5 Å². The Kier molecular flexibility index (Phi) is 2.85. The molecule has 16 heavy (non-hydrogen) atoms. The minimum Gasteiger partial charge on any atom is -0.368 e. The monoisotopic (exact) mass is 218 g/mol. The van der Waals surface area contributed by atoms with Crippen LogP contribution in [-0.2, 0) is 4.79 Å². The lowest BCUT2D eigenvalue weighted by Crippen LogP contribution is -2.28. The molecule has 0 saturated carbocycles. The largest absolute Gasteiger partial charge is 0.368 e. The van der Waals surface area contributed by atoms with E-state index in [0.717, 1.165) is 17.5 Å². The van der Waals surface area contributed by atoms with Crippen molar-refractivity contribution in [3.63, 3.8) is 0 Å². The first-order valence-electron chi connectivity index (χ1n) is 5.33. The summed E-state index contributed by atoms with van der Waals surface area (Å²) in [6.07, 6.45) is 1.53. The van der Waals surface area contributed by atoms with Crippen molar-refractivity contribution < 1.29 is 4.79 Å². The van der Waals surface area contributed by atoms with Gasteiger partial charge in [0.1, 0.15) is 17.1 Å². The summed E-state index contributed by atoms with van der Waals surface area (Å²) in [5, 5.41) is 8.52. The molecule has 0 aliphatic heterocycles. The second-order valence-corrected chi connectivity index (χ2v) is 3.72. The van der Waals surface area contributed by atoms with E-state index in [-0.39, 0.29) is 5.91 Å². The highest BCUT2D eigenvalue weighted by molar-refractivity contribution is 5.79. The van der Waals surface area contributed by atoms with E-state index in [1.807, 2.05) is 31.2 Å². The predicted molar refractivity (Wildman–Crippen MR) is 60.7 cm³/mol. The number of carbonyl (C=O) groups excluding carboxylic acids is 1. The number of hydrogen-bond acceptors (Lipinski definition) is 3. The van der Waals surface area contributed by atoms with Gasteiger partial charge in [-0.25, -0.2) is 0 Å². The van der Waals surface area contributed by atoms with Crippen LogP contribution in [0.3, 0.4) is 0 Å². The van der Waals surface area contributed by atoms with Crippen LogP contribution in [0.25, 0.3) is 11.0 Å². The van der Waals surface area contributed by atoms with Crippen LogP contribution in [0, 0.1) is 0 Å². The zero-order valence-electron chi connectivity index (χ0n) is 9.13. The average molecular weight is 218 g/mol. The Morgan fingerprint density at radius 1 is 1.38 bits per heavy atom. The fourth-order valence-electron chi connectivity index (χ4n) is 1.66. The molecule has 5 nitrogen and oxygen atoms in total. The molecule has 1 unspecified atom stereocenters. The standard InChI is InChI=1S/C11H14N4O/c1-2-5-10(11(12)16)15-13-8-6-3-4-7-9(8)14-15/h3-4,6-7,10H,2,5H2,1H3,(H2,12,16). The third-order valence-corrected chi connectivity index (χ3v) is 2.47. The van der Waals surface area contributed by atoms with Gasteiger partial charge < -0.3 is 5.73 Å². The first-order valence-corrected chi connectivity index (χ1v) is 5.33. The summed E-state index contributed by atoms with van der Waals surface area (Å²) in [6, 6.07) is 7.06. The molecule has 5 heteroatoms. The molecule has 0 saturated heterocycles. The topological polar surface area (TPSA) is 73.8 Å². The van der Waals surface area contributed by atoms with Crippen molar-refractivity contribution in [3.8, 4) is 0 Å². The van der Waals surface area contributed by atoms with E-state index in [9.17, 15) is 4.79 Å². The summed E-state index contributed by atoms with van der Waals surface area (Å²) in [6.45, 7) is 2.00. The highest BCUT2D eigenvalue weighted by atomic mass is 16.1. The Morgan fingerprint density at radius 3 is 2.38 bits per heavy atom. The molecule has 0 spiro atoms. The van der Waals surface area contributed by atoms with E-state index in [2.05, 4.69) is 10.2 Å². The molecule has 1 aromatic heterocycles. The summed E-state index contributed by atoms with van der Waals surface area (Å²) in [5.74, 6) is -0.387. The fraction of sp³-hybridized carbons (Fsp3) is 0.364. The normalized spacial score (nSPS) is 12.8. The van der Waals surface area contributed by atoms with Gasteiger partial charge in [0.2, 0.25) is 5.91 Å². The Balaban J connectivity index is 2.40. The van der Waals surface area contributed by atoms with E-state index in [4.69, 9.17) is 5.73 Å². The van der Waals surface area contributed by atoms with Crippen LogP contribution in [0.15, 0.2) is 24.3 Å². The van der Waals surface area contributed by atoms with Gasteiger partial charge in [0.15, 0.2) is 0 Å². The Morgan fingerprint density at radius 2 is 1.94 bits per heavy atom. The van der Waals surface area contributed by atoms with Crippen molar-refractivity contribution >= 4 is 16.9 Å². The smallest absolute Gasteiger partial charge is 0.244 e. The zero-order chi connectivity index (χ0) is 11.5. The number of amides is 1. The fourth-order valence-corrected chi connectivity index (χ4v) is 1.66. The van der Waals surface area contributed by atoms with Crippen LogP contribution in [0.1, 0.15) is 25.8 Å². The summed E-state index contributed by atoms with van der Waals surface area (Å²) < 4.78 is 0. The number of rotatable bonds is 4. The van der Waals surface area contributed by atoms with Crippen molar-refractivity contribution in [2.45, 2.75) is 25.8 Å². The molecule has 0 aliphatic rings. The maximum atomic E-state index is 11.3. The van der Waals surface area contributed by atoms with Gasteiger partial charge in [-0.2, -0.15) is 15.0 Å². The number of hydrogen-bond donors (Lipinski definition) is 1. The molecule has 1 aromatic carbocycles. The molecule has 1 atom stereocenters. The van der Waals surface area contributed by atoms with Gasteiger partial charge in [-0.3, -0.25) is 4.79 Å². The number of nitrogens with zero attached hydrogens (tertiary/aromatic N) is 3. The number of primary amides is 1. The van der Waals surface area contributed by atoms with Crippen molar-refractivity contribution in [2.75, 3.05) is 0 Å². The molecule has 0 fully saturated rings. The van der Waals surface area contributed by atoms with E-state index in [1.165, 1.54) is 4.80 Å². The molecular formula is C11H14N4O. The summed E-state index contributed by atoms with van der Waals surface area (Å²) in [5.41, 5.74) is 6.90. The highest BCUT2D eigenvalue weighted by Crippen LogP contribution is 2.14. The number of carbonyl (C=O) groups is 1. The van der Waals surface area contributed by atoms with Gasteiger partial charge in [0.25, 0.3) is 0 Å². The summed E-state index contributed by atoms with van der Waals surface area (Å²) in [7, 11) is 0. The predicted octanol–water partition coefficient (Wildman–Crippen LogP) is 1.26. The van der Waals surface area contributed by atoms with Gasteiger partial charge in [-0.05, 0) is 18.6 Å². The van der Waals surface area contributed by atoms with Crippen molar-refractivity contribution in [3.05, 3.63) is 24.3 Å². The highest BCUT2D eigenvalue weighted by Gasteiger charge is 2.19. The second kappa shape index (κ2) is 4.30. The van der Waals surface area contributed by atoms with Gasteiger partial charge in [0.05, 0.1) is 0 Å². The number of fused-ring (bicyclic) bond motifs is 1. The van der Waals surface area contributed by atoms with E-state index in [0.29, 0.717) is 6.42 Å². The van der Waals surface area contributed by atoms with Gasteiger partial charge >= 0.3 is 0 Å². The first-order chi connectivity index (χ1) is 7.72. The Labute approximate surface area is 93.2 Å². The van der Waals surface area contributed by atoms with Crippen molar-refractivity contribution in [2.24, 2.45) is 5.73 Å². The van der Waals surface area contributed by atoms with Crippen molar-refractivity contribution in [1.82, 2.24) is 15.0 Å². The summed E-state index contributed by atoms with van der Waals surface area (Å²) >= 11 is 0. The summed E-state index contributed by atoms with van der Waals surface area (Å²) in [4.78, 5) is 12.7. The van der Waals surface area contributed by atoms with Crippen LogP contribution >= 0.6 is 0 Å². The Hall–Kier alpha value is -1.91. The van der Waals surface area contributed by atoms with Crippen LogP contribution < -0.4 is 5.73 Å². The van der Waals surface area contributed by atoms with Gasteiger partial charge in [-0.15, -0.1) is 0 Å². The molecular weight excluding hydrogens is 204 g/mol. The molecule has 84 valence electrons. The minimum atomic E-state index is -0.447. The Bertz CT molecular complexity index is 472. The molecule has 0 aliphatic carbocycles.